The molecule has 2 heterocycles. The molecule has 328 valence electrons. The molecule has 1 aliphatic heterocycles. The number of carbonyl (C=O) groups is 6. The summed E-state index contributed by atoms with van der Waals surface area (Å²) >= 11 is 0.955. The first kappa shape index (κ1) is 45.2. The van der Waals surface area contributed by atoms with Crippen molar-refractivity contribution >= 4 is 46.7 Å². The summed E-state index contributed by atoms with van der Waals surface area (Å²) in [7, 11) is 0. The van der Waals surface area contributed by atoms with Crippen LogP contribution in [0.5, 0.6) is 0 Å². The summed E-state index contributed by atoms with van der Waals surface area (Å²) in [6, 6.07) is 9.45. The van der Waals surface area contributed by atoms with Crippen LogP contribution in [0.4, 0.5) is 4.79 Å². The molecule has 16 nitrogen and oxygen atoms in total. The first-order valence-electron chi connectivity index (χ1n) is 20.1. The molecule has 1 aromatic carbocycles. The molecular formula is C43H55NO15S. The van der Waals surface area contributed by atoms with Crippen LogP contribution in [0.3, 0.4) is 0 Å². The van der Waals surface area contributed by atoms with Crippen molar-refractivity contribution in [2.75, 3.05) is 12.4 Å². The Balaban J connectivity index is 1.50. The number of ether oxygens (including phenoxy) is 5. The predicted molar refractivity (Wildman–Crippen MR) is 212 cm³/mol. The van der Waals surface area contributed by atoms with Gasteiger partial charge in [-0.1, -0.05) is 64.6 Å². The van der Waals surface area contributed by atoms with Crippen LogP contribution in [0.25, 0.3) is 0 Å². The number of ketones is 1. The molecule has 0 spiro atoms. The minimum Gasteiger partial charge on any atom is -0.467 e. The van der Waals surface area contributed by atoms with E-state index in [4.69, 9.17) is 28.1 Å². The molecule has 1 aromatic heterocycles. The Kier molecular flexibility index (Phi) is 12.7. The van der Waals surface area contributed by atoms with Crippen LogP contribution in [0.15, 0.2) is 53.1 Å². The van der Waals surface area contributed by atoms with Gasteiger partial charge in [-0.25, -0.2) is 9.59 Å². The van der Waals surface area contributed by atoms with E-state index < -0.39 is 124 Å². The van der Waals surface area contributed by atoms with Crippen LogP contribution in [-0.4, -0.2) is 110 Å². The maximum absolute atomic E-state index is 15.5. The van der Waals surface area contributed by atoms with Gasteiger partial charge in [0.05, 0.1) is 35.9 Å². The van der Waals surface area contributed by atoms with Gasteiger partial charge < -0.3 is 48.7 Å². The van der Waals surface area contributed by atoms with E-state index in [-0.39, 0.29) is 30.3 Å². The highest BCUT2D eigenvalue weighted by molar-refractivity contribution is 8.13. The van der Waals surface area contributed by atoms with Gasteiger partial charge in [-0.2, -0.15) is 0 Å². The minimum atomic E-state index is -2.33. The summed E-state index contributed by atoms with van der Waals surface area (Å²) < 4.78 is 35.8. The van der Waals surface area contributed by atoms with E-state index in [1.165, 1.54) is 37.5 Å². The minimum absolute atomic E-state index is 0.0520. The smallest absolute Gasteiger partial charge is 0.338 e. The van der Waals surface area contributed by atoms with Crippen molar-refractivity contribution in [3.05, 3.63) is 60.1 Å². The fourth-order valence-electron chi connectivity index (χ4n) is 10.1. The lowest BCUT2D eigenvalue weighted by atomic mass is 9.42. The molecule has 1 amide bonds. The number of esters is 4. The summed E-state index contributed by atoms with van der Waals surface area (Å²) in [5.41, 5.74) is -7.56. The standard InChI is InChI=1S/C43H55NO15S/c1-21(2)19-60-39(52)44-31(26-15-12-16-54-26)32(48)38(51)57-27-18-43(53)36(58-37(50)25-13-10-9-11-14-25)34-41(8,28(47)17-29-42(34,20-55-29)59-24(5)46)35(49)33(56-23(4)45)30(22(27)3)40(43,6)7/h9-16,21-22,27-34,36,47-48,53H,17-20H2,1-8H3,(H,44,52)/t22?,27-,28-,29+,30?,31-,32+,33+,34-,36-,41+,42-,43+/m0/s1. The number of carbonyl (C=O) groups excluding carboxylic acids is 6. The zero-order valence-electron chi connectivity index (χ0n) is 34.9. The molecule has 0 radical (unpaired) electrons. The molecule has 6 rings (SSSR count). The van der Waals surface area contributed by atoms with Crippen molar-refractivity contribution in [1.29, 1.82) is 0 Å². The second-order valence-corrected chi connectivity index (χ2v) is 18.7. The number of hydrogen-bond acceptors (Lipinski definition) is 16. The SMILES string of the molecule is CC(=O)O[C@H]1C(=O)[C@@]2(C)[C@H]([C@H](OC(=O)c3ccccc3)[C@]3(O)C[C@H](OC(=O)[C@H](O)[C@@H](NC(=O)SCC(C)C)c4ccco4)C(C)C1C3(C)C)[C@]1(OC(C)=O)CO[C@@H]1C[C@@H]2O. The molecule has 1 saturated heterocycles. The zero-order chi connectivity index (χ0) is 44.1. The van der Waals surface area contributed by atoms with Gasteiger partial charge in [0.25, 0.3) is 5.24 Å². The summed E-state index contributed by atoms with van der Waals surface area (Å²) in [6.07, 6.45) is -8.83. The van der Waals surface area contributed by atoms with Crippen LogP contribution >= 0.6 is 11.8 Å². The molecule has 4 fully saturated rings. The first-order valence-corrected chi connectivity index (χ1v) is 21.1. The Morgan fingerprint density at radius 3 is 2.23 bits per heavy atom. The summed E-state index contributed by atoms with van der Waals surface area (Å²) in [5.74, 6) is -7.56. The van der Waals surface area contributed by atoms with Crippen LogP contribution in [0.2, 0.25) is 0 Å². The normalized spacial score (nSPS) is 35.2. The molecule has 4 N–H and O–H groups in total. The molecule has 13 atom stereocenters. The van der Waals surface area contributed by atoms with Crippen LogP contribution < -0.4 is 5.32 Å². The number of furan rings is 1. The highest BCUT2D eigenvalue weighted by Gasteiger charge is 2.79. The third-order valence-corrected chi connectivity index (χ3v) is 14.4. The zero-order valence-corrected chi connectivity index (χ0v) is 35.8. The number of benzene rings is 1. The third kappa shape index (κ3) is 7.76. The summed E-state index contributed by atoms with van der Waals surface area (Å²) in [4.78, 5) is 82.7. The van der Waals surface area contributed by atoms with Gasteiger partial charge in [0.15, 0.2) is 23.6 Å². The fourth-order valence-corrected chi connectivity index (χ4v) is 10.8. The van der Waals surface area contributed by atoms with Crippen molar-refractivity contribution < 1.29 is 72.2 Å². The lowest BCUT2D eigenvalue weighted by molar-refractivity contribution is -0.355. The molecule has 3 aliphatic carbocycles. The number of Topliss-reactive ketones (excluding diaryl/α,β-unsaturated/α-hetero) is 1. The van der Waals surface area contributed by atoms with E-state index in [0.29, 0.717) is 5.75 Å². The van der Waals surface area contributed by atoms with Gasteiger partial charge in [0, 0.05) is 49.7 Å². The van der Waals surface area contributed by atoms with Crippen LogP contribution in [0.1, 0.15) is 90.4 Å². The number of nitrogens with one attached hydrogen (secondary N) is 1. The van der Waals surface area contributed by atoms with Gasteiger partial charge in [-0.3, -0.25) is 19.2 Å². The van der Waals surface area contributed by atoms with Crippen LogP contribution in [-0.2, 0) is 42.9 Å². The summed E-state index contributed by atoms with van der Waals surface area (Å²) in [6.45, 7) is 12.1. The molecule has 2 aromatic rings. The summed E-state index contributed by atoms with van der Waals surface area (Å²) in [5, 5.41) is 39.3. The molecule has 4 aliphatic rings. The van der Waals surface area contributed by atoms with Gasteiger partial charge in [-0.15, -0.1) is 0 Å². The number of aliphatic hydroxyl groups is 3. The second kappa shape index (κ2) is 16.9. The second-order valence-electron chi connectivity index (χ2n) is 17.7. The van der Waals surface area contributed by atoms with Gasteiger partial charge in [0.2, 0.25) is 0 Å². The number of fused-ring (bicyclic) bond motifs is 5. The van der Waals surface area contributed by atoms with E-state index in [1.54, 1.807) is 39.0 Å². The molecule has 2 unspecified atom stereocenters. The van der Waals surface area contributed by atoms with Crippen molar-refractivity contribution in [2.45, 2.75) is 122 Å². The molecule has 17 heteroatoms. The highest BCUT2D eigenvalue weighted by atomic mass is 32.2. The number of amides is 1. The largest absolute Gasteiger partial charge is 0.467 e. The molecular weight excluding hydrogens is 803 g/mol. The number of thioether (sulfide) groups is 1. The lowest BCUT2D eigenvalue weighted by Gasteiger charge is -2.69. The Hall–Kier alpha value is -4.29. The average Bonchev–Trinajstić information content (AvgIpc) is 3.72. The van der Waals surface area contributed by atoms with Crippen molar-refractivity contribution in [1.82, 2.24) is 5.32 Å². The van der Waals surface area contributed by atoms with Crippen molar-refractivity contribution in [3.8, 4) is 0 Å². The maximum Gasteiger partial charge on any atom is 0.338 e. The van der Waals surface area contributed by atoms with Gasteiger partial charge >= 0.3 is 23.9 Å². The van der Waals surface area contributed by atoms with Gasteiger partial charge in [-0.05, 0) is 37.1 Å². The number of aliphatic hydroxyl groups excluding tert-OH is 2. The van der Waals surface area contributed by atoms with E-state index in [2.05, 4.69) is 5.32 Å². The molecule has 3 saturated carbocycles. The fraction of sp³-hybridized carbons (Fsp3) is 0.628. The predicted octanol–water partition coefficient (Wildman–Crippen LogP) is 3.93. The molecule has 60 heavy (non-hydrogen) atoms. The van der Waals surface area contributed by atoms with E-state index in [9.17, 15) is 39.3 Å². The average molecular weight is 858 g/mol. The van der Waals surface area contributed by atoms with Crippen LogP contribution in [0, 0.1) is 34.5 Å². The Morgan fingerprint density at radius 1 is 0.983 bits per heavy atom. The maximum atomic E-state index is 15.5. The molecule has 2 bridgehead atoms. The van der Waals surface area contributed by atoms with E-state index >= 15 is 4.79 Å². The number of rotatable bonds is 11. The van der Waals surface area contributed by atoms with E-state index in [1.807, 2.05) is 13.8 Å². The number of hydrogen-bond donors (Lipinski definition) is 4. The van der Waals surface area contributed by atoms with Gasteiger partial charge in [0.1, 0.15) is 35.7 Å². The quantitative estimate of drug-likeness (QED) is 0.185. The first-order chi connectivity index (χ1) is 28.1. The van der Waals surface area contributed by atoms with E-state index in [0.717, 1.165) is 25.6 Å². The third-order valence-electron chi connectivity index (χ3n) is 13.2. The Morgan fingerprint density at radius 2 is 1.67 bits per heavy atom. The Bertz CT molecular complexity index is 1960. The Labute approximate surface area is 352 Å². The monoisotopic (exact) mass is 857 g/mol. The van der Waals surface area contributed by atoms with Crippen molar-refractivity contribution in [2.24, 2.45) is 34.5 Å². The lowest BCUT2D eigenvalue weighted by Crippen LogP contribution is -2.83. The van der Waals surface area contributed by atoms with Crippen molar-refractivity contribution in [3.63, 3.8) is 0 Å². The highest BCUT2D eigenvalue weighted by Crippen LogP contribution is 2.65. The topological polar surface area (TPSA) is 234 Å².